The highest BCUT2D eigenvalue weighted by Crippen LogP contribution is 2.27. The summed E-state index contributed by atoms with van der Waals surface area (Å²) >= 11 is 4.99. The standard InChI is InChI=1S/C8H7BrF2INO/c9-2-4-1-5(7(10)11)6(3-14)8(12)13-4/h1,7,14H,2-3H2. The minimum atomic E-state index is -2.58. The molecule has 2 nitrogen and oxygen atoms in total. The largest absolute Gasteiger partial charge is 0.392 e. The number of aromatic nitrogens is 1. The van der Waals surface area contributed by atoms with Gasteiger partial charge in [0.15, 0.2) is 0 Å². The minimum Gasteiger partial charge on any atom is -0.392 e. The van der Waals surface area contributed by atoms with Crippen molar-refractivity contribution in [1.29, 1.82) is 0 Å². The van der Waals surface area contributed by atoms with E-state index >= 15 is 0 Å². The van der Waals surface area contributed by atoms with Crippen molar-refractivity contribution in [3.05, 3.63) is 26.6 Å². The van der Waals surface area contributed by atoms with E-state index in [1.807, 2.05) is 22.6 Å². The molecule has 0 aromatic carbocycles. The Kier molecular flexibility index (Phi) is 4.65. The molecule has 1 N–H and O–H groups in total. The Morgan fingerprint density at radius 3 is 2.64 bits per heavy atom. The smallest absolute Gasteiger partial charge is 0.264 e. The Balaban J connectivity index is 3.28. The van der Waals surface area contributed by atoms with Crippen molar-refractivity contribution >= 4 is 38.5 Å². The molecular weight excluding hydrogens is 371 g/mol. The van der Waals surface area contributed by atoms with Gasteiger partial charge in [-0.2, -0.15) is 0 Å². The second-order valence-corrected chi connectivity index (χ2v) is 4.15. The van der Waals surface area contributed by atoms with Gasteiger partial charge in [0, 0.05) is 16.5 Å². The van der Waals surface area contributed by atoms with Crippen molar-refractivity contribution in [2.75, 3.05) is 0 Å². The summed E-state index contributed by atoms with van der Waals surface area (Å²) in [6.07, 6.45) is -2.58. The maximum Gasteiger partial charge on any atom is 0.264 e. The molecule has 78 valence electrons. The van der Waals surface area contributed by atoms with E-state index < -0.39 is 13.0 Å². The van der Waals surface area contributed by atoms with Crippen LogP contribution in [0.1, 0.15) is 23.2 Å². The molecular formula is C8H7BrF2INO. The van der Waals surface area contributed by atoms with Crippen molar-refractivity contribution in [2.45, 2.75) is 18.4 Å². The summed E-state index contributed by atoms with van der Waals surface area (Å²) in [5, 5.41) is 9.35. The van der Waals surface area contributed by atoms with Crippen LogP contribution in [0.3, 0.4) is 0 Å². The summed E-state index contributed by atoms with van der Waals surface area (Å²) in [5.41, 5.74) is 0.619. The first-order valence-electron chi connectivity index (χ1n) is 3.73. The van der Waals surface area contributed by atoms with Crippen LogP contribution in [0, 0.1) is 3.70 Å². The maximum atomic E-state index is 12.6. The molecule has 0 spiro atoms. The molecule has 0 aliphatic heterocycles. The van der Waals surface area contributed by atoms with E-state index in [0.29, 0.717) is 14.7 Å². The fourth-order valence-electron chi connectivity index (χ4n) is 1.03. The van der Waals surface area contributed by atoms with E-state index in [-0.39, 0.29) is 11.1 Å². The number of aliphatic hydroxyl groups excluding tert-OH is 1. The molecule has 1 heterocycles. The SMILES string of the molecule is OCc1c(C(F)F)cc(CBr)nc1I. The molecule has 6 heteroatoms. The molecule has 0 atom stereocenters. The zero-order valence-electron chi connectivity index (χ0n) is 6.98. The highest BCUT2D eigenvalue weighted by molar-refractivity contribution is 14.1. The Bertz CT molecular complexity index is 335. The van der Waals surface area contributed by atoms with Crippen LogP contribution in [-0.2, 0) is 11.9 Å². The molecule has 1 rings (SSSR count). The molecule has 1 aromatic rings. The number of aliphatic hydroxyl groups is 1. The Morgan fingerprint density at radius 2 is 2.21 bits per heavy atom. The predicted molar refractivity (Wildman–Crippen MR) is 60.5 cm³/mol. The van der Waals surface area contributed by atoms with E-state index in [9.17, 15) is 8.78 Å². The number of nitrogens with zero attached hydrogens (tertiary/aromatic N) is 1. The molecule has 0 bridgehead atoms. The third-order valence-corrected chi connectivity index (χ3v) is 3.16. The van der Waals surface area contributed by atoms with Gasteiger partial charge < -0.3 is 5.11 Å². The lowest BCUT2D eigenvalue weighted by molar-refractivity contribution is 0.146. The summed E-state index contributed by atoms with van der Waals surface area (Å²) in [5.74, 6) is 0. The first-order valence-corrected chi connectivity index (χ1v) is 5.93. The predicted octanol–water partition coefficient (Wildman–Crippen LogP) is 3.01. The first-order chi connectivity index (χ1) is 6.60. The number of pyridine rings is 1. The molecule has 0 fully saturated rings. The van der Waals surface area contributed by atoms with Crippen molar-refractivity contribution in [1.82, 2.24) is 4.98 Å². The van der Waals surface area contributed by atoms with E-state index in [4.69, 9.17) is 5.11 Å². The van der Waals surface area contributed by atoms with Crippen LogP contribution in [-0.4, -0.2) is 10.1 Å². The van der Waals surface area contributed by atoms with Crippen molar-refractivity contribution in [3.63, 3.8) is 0 Å². The van der Waals surface area contributed by atoms with Gasteiger partial charge in [-0.05, 0) is 28.7 Å². The van der Waals surface area contributed by atoms with Gasteiger partial charge in [-0.1, -0.05) is 15.9 Å². The van der Waals surface area contributed by atoms with E-state index in [0.717, 1.165) is 0 Å². The van der Waals surface area contributed by atoms with Gasteiger partial charge in [-0.3, -0.25) is 0 Å². The first kappa shape index (κ1) is 12.3. The Morgan fingerprint density at radius 1 is 1.57 bits per heavy atom. The van der Waals surface area contributed by atoms with Gasteiger partial charge in [0.05, 0.1) is 12.3 Å². The van der Waals surface area contributed by atoms with Gasteiger partial charge in [0.1, 0.15) is 3.70 Å². The molecule has 0 amide bonds. The quantitative estimate of drug-likeness (QED) is 0.499. The lowest BCUT2D eigenvalue weighted by Crippen LogP contribution is -2.03. The lowest BCUT2D eigenvalue weighted by atomic mass is 10.1. The number of rotatable bonds is 3. The van der Waals surface area contributed by atoms with Crippen molar-refractivity contribution in [3.8, 4) is 0 Å². The van der Waals surface area contributed by atoms with Crippen LogP contribution in [0.4, 0.5) is 8.78 Å². The van der Waals surface area contributed by atoms with Crippen LogP contribution in [0.2, 0.25) is 0 Å². The monoisotopic (exact) mass is 377 g/mol. The van der Waals surface area contributed by atoms with Crippen LogP contribution in [0.15, 0.2) is 6.07 Å². The van der Waals surface area contributed by atoms with Crippen LogP contribution < -0.4 is 0 Å². The van der Waals surface area contributed by atoms with E-state index in [1.165, 1.54) is 6.07 Å². The number of alkyl halides is 3. The molecule has 0 saturated heterocycles. The van der Waals surface area contributed by atoms with Crippen LogP contribution in [0.25, 0.3) is 0 Å². The zero-order chi connectivity index (χ0) is 10.7. The normalized spacial score (nSPS) is 11.0. The summed E-state index contributed by atoms with van der Waals surface area (Å²) in [6.45, 7) is -0.409. The molecule has 0 aliphatic rings. The van der Waals surface area contributed by atoms with E-state index in [2.05, 4.69) is 20.9 Å². The average Bonchev–Trinajstić information content (AvgIpc) is 2.16. The third kappa shape index (κ3) is 2.60. The number of hydrogen-bond acceptors (Lipinski definition) is 2. The summed E-state index contributed by atoms with van der Waals surface area (Å²) in [4.78, 5) is 4.05. The molecule has 14 heavy (non-hydrogen) atoms. The number of halogens is 4. The van der Waals surface area contributed by atoms with Crippen LogP contribution >= 0.6 is 38.5 Å². The van der Waals surface area contributed by atoms with Crippen molar-refractivity contribution < 1.29 is 13.9 Å². The third-order valence-electron chi connectivity index (χ3n) is 1.69. The molecule has 0 radical (unpaired) electrons. The fraction of sp³-hybridized carbons (Fsp3) is 0.375. The van der Waals surface area contributed by atoms with Crippen molar-refractivity contribution in [2.24, 2.45) is 0 Å². The second kappa shape index (κ2) is 5.32. The highest BCUT2D eigenvalue weighted by Gasteiger charge is 2.17. The van der Waals surface area contributed by atoms with Gasteiger partial charge in [-0.15, -0.1) is 0 Å². The fourth-order valence-corrected chi connectivity index (χ4v) is 2.11. The second-order valence-electron chi connectivity index (χ2n) is 2.56. The van der Waals surface area contributed by atoms with Gasteiger partial charge in [0.25, 0.3) is 6.43 Å². The van der Waals surface area contributed by atoms with Gasteiger partial charge in [-0.25, -0.2) is 13.8 Å². The lowest BCUT2D eigenvalue weighted by Gasteiger charge is -2.09. The highest BCUT2D eigenvalue weighted by atomic mass is 127. The maximum absolute atomic E-state index is 12.6. The summed E-state index contributed by atoms with van der Waals surface area (Å²) in [7, 11) is 0. The summed E-state index contributed by atoms with van der Waals surface area (Å²) < 4.78 is 25.5. The number of hydrogen-bond donors (Lipinski definition) is 1. The van der Waals surface area contributed by atoms with Gasteiger partial charge >= 0.3 is 0 Å². The molecule has 0 saturated carbocycles. The summed E-state index contributed by atoms with van der Waals surface area (Å²) in [6, 6.07) is 1.31. The molecule has 0 unspecified atom stereocenters. The minimum absolute atomic E-state index is 0.138. The molecule has 1 aromatic heterocycles. The zero-order valence-corrected chi connectivity index (χ0v) is 10.7. The van der Waals surface area contributed by atoms with E-state index in [1.54, 1.807) is 0 Å². The Hall–Kier alpha value is 0.180. The average molecular weight is 378 g/mol. The van der Waals surface area contributed by atoms with Crippen LogP contribution in [0.5, 0.6) is 0 Å². The Labute approximate surface area is 102 Å². The topological polar surface area (TPSA) is 33.1 Å². The van der Waals surface area contributed by atoms with Gasteiger partial charge in [0.2, 0.25) is 0 Å². The molecule has 0 aliphatic carbocycles.